The van der Waals surface area contributed by atoms with E-state index in [9.17, 15) is 0 Å². The lowest BCUT2D eigenvalue weighted by molar-refractivity contribution is -0.978. The molecule has 3 aliphatic rings. The Morgan fingerprint density at radius 1 is 0.941 bits per heavy atom. The van der Waals surface area contributed by atoms with Gasteiger partial charge in [0.05, 0.1) is 34.8 Å². The average molecular weight is 496 g/mol. The topological polar surface area (TPSA) is 3.24 Å². The van der Waals surface area contributed by atoms with Crippen molar-refractivity contribution >= 4 is 27.1 Å². The summed E-state index contributed by atoms with van der Waals surface area (Å²) in [6.07, 6.45) is 8.20. The lowest BCUT2D eigenvalue weighted by Crippen LogP contribution is -2.71. The molecule has 3 unspecified atom stereocenters. The number of allylic oxidation sites excluding steroid dienone is 4. The van der Waals surface area contributed by atoms with E-state index >= 15 is 0 Å². The van der Waals surface area contributed by atoms with Gasteiger partial charge < -0.3 is 0 Å². The predicted octanol–water partition coefficient (Wildman–Crippen LogP) is 7.17. The number of nitrogens with zero attached hydrogens (tertiary/aromatic N) is 2. The van der Waals surface area contributed by atoms with Crippen LogP contribution >= 0.6 is 0 Å². The summed E-state index contributed by atoms with van der Waals surface area (Å²) < 4.78 is 3.81. The predicted molar refractivity (Wildman–Crippen MR) is 156 cm³/mol. The maximum Gasteiger partial charge on any atom is 0.191 e. The third kappa shape index (κ3) is 4.07. The molecule has 3 aliphatic carbocycles. The molecule has 4 heteroatoms. The minimum absolute atomic E-state index is 0.102. The Labute approximate surface area is 212 Å². The summed E-state index contributed by atoms with van der Waals surface area (Å²) in [7, 11) is 4.03. The first-order chi connectivity index (χ1) is 15.3. The van der Waals surface area contributed by atoms with Gasteiger partial charge in [0.25, 0.3) is 0 Å². The van der Waals surface area contributed by atoms with E-state index in [1.54, 1.807) is 21.9 Å². The fourth-order valence-corrected chi connectivity index (χ4v) is 15.2. The van der Waals surface area contributed by atoms with Crippen molar-refractivity contribution < 1.29 is 4.59 Å². The smallest absolute Gasteiger partial charge is 0.191 e. The van der Waals surface area contributed by atoms with E-state index in [4.69, 9.17) is 0 Å². The molecule has 0 amide bonds. The van der Waals surface area contributed by atoms with Gasteiger partial charge in [-0.1, -0.05) is 88.5 Å². The molecule has 0 radical (unpaired) electrons. The molecular weight excluding hydrogens is 445 g/mol. The maximum absolute atomic E-state index is 2.89. The largest absolute Gasteiger partial charge is 0.257 e. The van der Waals surface area contributed by atoms with Crippen molar-refractivity contribution in [2.75, 3.05) is 21.1 Å². The standard InChI is InChI=1S/C30H51N2Si2/c1-29(2,3)31(32(6,7)8)34(12,13)28-17-14-21-18-25-23-16-15-22(33(9,10)11)19-26(23)30(4,5)27(25)20-24(21)28/h15-16,18-21,24,28H,14,17H2,1-13H3/q+1. The van der Waals surface area contributed by atoms with Gasteiger partial charge in [-0.15, -0.1) is 0 Å². The molecular formula is C30H51N2Si2+. The molecule has 0 bridgehead atoms. The van der Waals surface area contributed by atoms with Gasteiger partial charge in [0.15, 0.2) is 8.24 Å². The van der Waals surface area contributed by atoms with Crippen LogP contribution in [0.25, 0.3) is 5.57 Å². The highest BCUT2D eigenvalue weighted by Gasteiger charge is 2.56. The van der Waals surface area contributed by atoms with Crippen molar-refractivity contribution in [1.29, 1.82) is 0 Å². The van der Waals surface area contributed by atoms with E-state index in [1.807, 2.05) is 0 Å². The van der Waals surface area contributed by atoms with Crippen LogP contribution < -0.4 is 5.19 Å². The first-order valence-corrected chi connectivity index (χ1v) is 20.0. The molecule has 1 saturated carbocycles. The third-order valence-electron chi connectivity index (χ3n) is 9.01. The van der Waals surface area contributed by atoms with Crippen LogP contribution in [0.5, 0.6) is 0 Å². The lowest BCUT2D eigenvalue weighted by atomic mass is 9.76. The Morgan fingerprint density at radius 3 is 2.09 bits per heavy atom. The van der Waals surface area contributed by atoms with E-state index in [2.05, 4.69) is 124 Å². The Hall–Kier alpha value is -0.946. The van der Waals surface area contributed by atoms with Crippen LogP contribution in [-0.4, -0.2) is 52.3 Å². The highest BCUT2D eigenvalue weighted by atomic mass is 28.3. The van der Waals surface area contributed by atoms with Gasteiger partial charge >= 0.3 is 0 Å². The molecule has 0 aliphatic heterocycles. The highest BCUT2D eigenvalue weighted by molar-refractivity contribution is 6.88. The van der Waals surface area contributed by atoms with Gasteiger partial charge in [0.2, 0.25) is 0 Å². The molecule has 2 nitrogen and oxygen atoms in total. The Bertz CT molecular complexity index is 1030. The monoisotopic (exact) mass is 495 g/mol. The van der Waals surface area contributed by atoms with Crippen molar-refractivity contribution in [2.45, 2.75) is 96.7 Å². The molecule has 0 heterocycles. The summed E-state index contributed by atoms with van der Waals surface area (Å²) in [5.74, 6) is 1.38. The highest BCUT2D eigenvalue weighted by Crippen LogP contribution is 2.59. The fraction of sp³-hybridized carbons (Fsp3) is 0.667. The number of rotatable bonds is 4. The van der Waals surface area contributed by atoms with Gasteiger partial charge in [-0.05, 0) is 66.8 Å². The summed E-state index contributed by atoms with van der Waals surface area (Å²) in [5.41, 5.74) is 7.30. The van der Waals surface area contributed by atoms with Gasteiger partial charge in [0.1, 0.15) is 0 Å². The van der Waals surface area contributed by atoms with Crippen molar-refractivity contribution in [3.63, 3.8) is 0 Å². The first-order valence-electron chi connectivity index (χ1n) is 13.5. The molecule has 3 atom stereocenters. The SMILES string of the molecule is CC1(C)C2=CC3C(C=C2c2ccc([Si](C)(C)C)cc21)CCC3[Si](C)(C)N(C(C)(C)C)[N+](C)(C)C. The van der Waals surface area contributed by atoms with Crippen LogP contribution in [0.15, 0.2) is 35.9 Å². The molecule has 34 heavy (non-hydrogen) atoms. The summed E-state index contributed by atoms with van der Waals surface area (Å²) in [4.78, 5) is 0. The Kier molecular flexibility index (Phi) is 5.97. The molecule has 1 aromatic carbocycles. The second kappa shape index (κ2) is 7.77. The van der Waals surface area contributed by atoms with Gasteiger partial charge in [-0.25, -0.2) is 0 Å². The van der Waals surface area contributed by atoms with Gasteiger partial charge in [0, 0.05) is 5.41 Å². The van der Waals surface area contributed by atoms with E-state index in [0.717, 1.165) is 10.1 Å². The Morgan fingerprint density at radius 2 is 1.56 bits per heavy atom. The second-order valence-electron chi connectivity index (χ2n) is 15.3. The van der Waals surface area contributed by atoms with Crippen molar-refractivity contribution in [3.05, 3.63) is 47.1 Å². The van der Waals surface area contributed by atoms with Gasteiger partial charge in [-0.3, -0.25) is 4.59 Å². The normalized spacial score (nSPS) is 26.7. The van der Waals surface area contributed by atoms with Crippen molar-refractivity contribution in [2.24, 2.45) is 11.8 Å². The number of fused-ring (bicyclic) bond motifs is 4. The van der Waals surface area contributed by atoms with E-state index in [0.29, 0.717) is 11.8 Å². The number of hydrogen-bond acceptors (Lipinski definition) is 1. The third-order valence-corrected chi connectivity index (χ3v) is 15.9. The summed E-state index contributed by atoms with van der Waals surface area (Å²) in [6.45, 7) is 24.9. The Balaban J connectivity index is 1.77. The molecule has 0 spiro atoms. The van der Waals surface area contributed by atoms with E-state index < -0.39 is 16.3 Å². The minimum Gasteiger partial charge on any atom is -0.257 e. The summed E-state index contributed by atoms with van der Waals surface area (Å²) in [6, 6.07) is 7.47. The molecule has 0 N–H and O–H groups in total. The van der Waals surface area contributed by atoms with Crippen LogP contribution in [0.4, 0.5) is 0 Å². The van der Waals surface area contributed by atoms with Crippen LogP contribution in [-0.2, 0) is 5.41 Å². The number of quaternary nitrogens is 1. The second-order valence-corrected chi connectivity index (χ2v) is 24.8. The number of benzene rings is 1. The maximum atomic E-state index is 2.89. The van der Waals surface area contributed by atoms with Gasteiger partial charge in [-0.2, -0.15) is 4.67 Å². The zero-order valence-electron chi connectivity index (χ0n) is 24.4. The summed E-state index contributed by atoms with van der Waals surface area (Å²) >= 11 is 0. The lowest BCUT2D eigenvalue weighted by Gasteiger charge is -2.55. The van der Waals surface area contributed by atoms with E-state index in [1.165, 1.54) is 18.4 Å². The van der Waals surface area contributed by atoms with Crippen LogP contribution in [0, 0.1) is 11.8 Å². The molecule has 1 fully saturated rings. The van der Waals surface area contributed by atoms with Crippen LogP contribution in [0.3, 0.4) is 0 Å². The molecule has 0 aromatic heterocycles. The van der Waals surface area contributed by atoms with Crippen LogP contribution in [0.2, 0.25) is 38.3 Å². The van der Waals surface area contributed by atoms with Crippen LogP contribution in [0.1, 0.15) is 58.6 Å². The fourth-order valence-electron chi connectivity index (χ4n) is 8.28. The molecule has 4 rings (SSSR count). The van der Waals surface area contributed by atoms with Crippen molar-refractivity contribution in [1.82, 2.24) is 4.67 Å². The first kappa shape index (κ1) is 26.1. The zero-order valence-corrected chi connectivity index (χ0v) is 26.4. The van der Waals surface area contributed by atoms with E-state index in [-0.39, 0.29) is 11.0 Å². The van der Waals surface area contributed by atoms with Crippen molar-refractivity contribution in [3.8, 4) is 0 Å². The minimum atomic E-state index is -1.75. The number of hydrogen-bond donors (Lipinski definition) is 0. The molecule has 0 saturated heterocycles. The quantitative estimate of drug-likeness (QED) is 0.243. The molecule has 188 valence electrons. The zero-order chi connectivity index (χ0) is 25.6. The molecule has 1 aromatic rings. The average Bonchev–Trinajstić information content (AvgIpc) is 3.14. The summed E-state index contributed by atoms with van der Waals surface area (Å²) in [5, 5.41) is 1.59.